The number of benzene rings is 1. The van der Waals surface area contributed by atoms with Crippen molar-refractivity contribution in [3.05, 3.63) is 28.8 Å². The van der Waals surface area contributed by atoms with Gasteiger partial charge in [-0.3, -0.25) is 0 Å². The fourth-order valence-corrected chi connectivity index (χ4v) is 2.94. The van der Waals surface area contributed by atoms with Crippen molar-refractivity contribution in [2.24, 2.45) is 0 Å². The van der Waals surface area contributed by atoms with E-state index < -0.39 is 0 Å². The van der Waals surface area contributed by atoms with Crippen LogP contribution in [0.5, 0.6) is 5.75 Å². The van der Waals surface area contributed by atoms with Crippen LogP contribution in [-0.2, 0) is 22.1 Å². The van der Waals surface area contributed by atoms with Gasteiger partial charge in [0.1, 0.15) is 25.4 Å². The highest BCUT2D eigenvalue weighted by Crippen LogP contribution is 2.37. The smallest absolute Gasteiger partial charge is 0.128 e. The molecule has 3 heteroatoms. The predicted octanol–water partition coefficient (Wildman–Crippen LogP) is 2.40. The molecule has 2 N–H and O–H groups in total. The lowest BCUT2D eigenvalue weighted by atomic mass is 9.79. The predicted molar refractivity (Wildman–Crippen MR) is 90.7 cm³/mol. The molecule has 0 amide bonds. The molecule has 0 bridgehead atoms. The molecule has 3 nitrogen and oxygen atoms in total. The van der Waals surface area contributed by atoms with Crippen LogP contribution < -0.4 is 4.90 Å². The monoisotopic (exact) mass is 306 g/mol. The molecule has 1 fully saturated rings. The Balaban J connectivity index is 2.42. The van der Waals surface area contributed by atoms with E-state index in [1.807, 2.05) is 0 Å². The Morgan fingerprint density at radius 1 is 1.00 bits per heavy atom. The molecule has 0 radical (unpaired) electrons. The summed E-state index contributed by atoms with van der Waals surface area (Å²) >= 11 is 0. The lowest BCUT2D eigenvalue weighted by Gasteiger charge is -2.29. The third-order valence-electron chi connectivity index (χ3n) is 4.50. The summed E-state index contributed by atoms with van der Waals surface area (Å²) < 4.78 is 5.44. The van der Waals surface area contributed by atoms with Crippen molar-refractivity contribution in [2.75, 3.05) is 26.3 Å². The number of phenols is 1. The molecule has 1 aromatic carbocycles. The largest absolute Gasteiger partial charge is 0.507 e. The second kappa shape index (κ2) is 6.21. The quantitative estimate of drug-likeness (QED) is 0.880. The van der Waals surface area contributed by atoms with Crippen LogP contribution in [0.1, 0.15) is 58.2 Å². The zero-order valence-corrected chi connectivity index (χ0v) is 15.0. The molecule has 1 heterocycles. The number of quaternary nitrogens is 1. The first-order chi connectivity index (χ1) is 10.1. The summed E-state index contributed by atoms with van der Waals surface area (Å²) in [5.74, 6) is 0.486. The maximum absolute atomic E-state index is 10.8. The Morgan fingerprint density at radius 2 is 1.59 bits per heavy atom. The molecule has 0 unspecified atom stereocenters. The third kappa shape index (κ3) is 4.02. The van der Waals surface area contributed by atoms with Crippen molar-refractivity contribution in [1.29, 1.82) is 0 Å². The minimum Gasteiger partial charge on any atom is -0.507 e. The molecule has 1 aliphatic heterocycles. The fourth-order valence-electron chi connectivity index (χ4n) is 2.94. The van der Waals surface area contributed by atoms with Gasteiger partial charge in [0.05, 0.1) is 13.2 Å². The molecular formula is C19H32NO2+. The molecule has 0 aliphatic carbocycles. The number of morpholine rings is 1. The van der Waals surface area contributed by atoms with E-state index in [9.17, 15) is 5.11 Å². The summed E-state index contributed by atoms with van der Waals surface area (Å²) in [5.41, 5.74) is 3.47. The van der Waals surface area contributed by atoms with Crippen LogP contribution in [0.25, 0.3) is 0 Å². The summed E-state index contributed by atoms with van der Waals surface area (Å²) in [6, 6.07) is 4.39. The summed E-state index contributed by atoms with van der Waals surface area (Å²) in [5, 5.41) is 10.8. The van der Waals surface area contributed by atoms with E-state index in [2.05, 4.69) is 53.7 Å². The molecule has 124 valence electrons. The van der Waals surface area contributed by atoms with Gasteiger partial charge in [-0.25, -0.2) is 0 Å². The number of aromatic hydroxyl groups is 1. The van der Waals surface area contributed by atoms with E-state index in [1.165, 1.54) is 10.5 Å². The standard InChI is InChI=1S/C19H31NO2/c1-18(2,3)15-11-14(13-20-7-9-22-10-8-20)17(21)16(12-15)19(4,5)6/h11-12,21H,7-10,13H2,1-6H3/p+1. The van der Waals surface area contributed by atoms with Gasteiger partial charge in [0.15, 0.2) is 0 Å². The Hall–Kier alpha value is -1.06. The summed E-state index contributed by atoms with van der Waals surface area (Å²) in [6.45, 7) is 17.8. The van der Waals surface area contributed by atoms with Gasteiger partial charge in [0.25, 0.3) is 0 Å². The number of phenolic OH excluding ortho intramolecular Hbond substituents is 1. The van der Waals surface area contributed by atoms with Gasteiger partial charge in [0.2, 0.25) is 0 Å². The molecule has 1 aromatic rings. The first-order valence-electron chi connectivity index (χ1n) is 8.37. The van der Waals surface area contributed by atoms with Gasteiger partial charge in [0, 0.05) is 11.1 Å². The third-order valence-corrected chi connectivity index (χ3v) is 4.50. The average molecular weight is 306 g/mol. The highest BCUT2D eigenvalue weighted by atomic mass is 16.5. The van der Waals surface area contributed by atoms with Crippen LogP contribution in [-0.4, -0.2) is 31.4 Å². The van der Waals surface area contributed by atoms with Crippen molar-refractivity contribution in [2.45, 2.75) is 58.9 Å². The second-order valence-corrected chi connectivity index (χ2v) is 8.57. The molecule has 1 saturated heterocycles. The van der Waals surface area contributed by atoms with E-state index in [1.54, 1.807) is 0 Å². The summed E-state index contributed by atoms with van der Waals surface area (Å²) in [7, 11) is 0. The Morgan fingerprint density at radius 3 is 2.09 bits per heavy atom. The number of hydrogen-bond donors (Lipinski definition) is 2. The highest BCUT2D eigenvalue weighted by molar-refractivity contribution is 5.48. The number of rotatable bonds is 2. The van der Waals surface area contributed by atoms with Crippen LogP contribution in [0.15, 0.2) is 12.1 Å². The molecule has 1 aliphatic rings. The van der Waals surface area contributed by atoms with E-state index >= 15 is 0 Å². The SMILES string of the molecule is CC(C)(C)c1cc(C[NH+]2CCOCC2)c(O)c(C(C)(C)C)c1. The van der Waals surface area contributed by atoms with Gasteiger partial charge < -0.3 is 14.7 Å². The first-order valence-corrected chi connectivity index (χ1v) is 8.37. The van der Waals surface area contributed by atoms with Gasteiger partial charge in [-0.05, 0) is 22.5 Å². The Bertz CT molecular complexity index is 517. The minimum atomic E-state index is -0.0551. The van der Waals surface area contributed by atoms with Crippen LogP contribution in [0.3, 0.4) is 0 Å². The zero-order valence-electron chi connectivity index (χ0n) is 15.0. The van der Waals surface area contributed by atoms with Gasteiger partial charge >= 0.3 is 0 Å². The lowest BCUT2D eigenvalue weighted by Crippen LogP contribution is -3.12. The summed E-state index contributed by atoms with van der Waals surface area (Å²) in [4.78, 5) is 1.49. The van der Waals surface area contributed by atoms with Crippen molar-refractivity contribution in [3.8, 4) is 5.75 Å². The highest BCUT2D eigenvalue weighted by Gasteiger charge is 2.26. The van der Waals surface area contributed by atoms with Crippen molar-refractivity contribution >= 4 is 0 Å². The van der Waals surface area contributed by atoms with Crippen LogP contribution >= 0.6 is 0 Å². The summed E-state index contributed by atoms with van der Waals surface area (Å²) in [6.07, 6.45) is 0. The molecule has 0 aromatic heterocycles. The van der Waals surface area contributed by atoms with Crippen LogP contribution in [0.2, 0.25) is 0 Å². The number of hydrogen-bond acceptors (Lipinski definition) is 2. The maximum Gasteiger partial charge on any atom is 0.128 e. The van der Waals surface area contributed by atoms with Gasteiger partial charge in [-0.1, -0.05) is 47.6 Å². The van der Waals surface area contributed by atoms with E-state index in [-0.39, 0.29) is 10.8 Å². The van der Waals surface area contributed by atoms with Crippen molar-refractivity contribution < 1.29 is 14.7 Å². The van der Waals surface area contributed by atoms with E-state index in [0.717, 1.165) is 44.0 Å². The van der Waals surface area contributed by atoms with Crippen LogP contribution in [0, 0.1) is 0 Å². The average Bonchev–Trinajstić information content (AvgIpc) is 2.39. The van der Waals surface area contributed by atoms with Crippen molar-refractivity contribution in [3.63, 3.8) is 0 Å². The zero-order chi connectivity index (χ0) is 16.5. The van der Waals surface area contributed by atoms with Crippen LogP contribution in [0.4, 0.5) is 0 Å². The minimum absolute atomic E-state index is 0.0551. The molecule has 0 spiro atoms. The topological polar surface area (TPSA) is 33.9 Å². The van der Waals surface area contributed by atoms with Gasteiger partial charge in [-0.2, -0.15) is 0 Å². The molecule has 22 heavy (non-hydrogen) atoms. The Labute approximate surface area is 135 Å². The maximum atomic E-state index is 10.8. The first kappa shape index (κ1) is 17.3. The van der Waals surface area contributed by atoms with E-state index in [4.69, 9.17) is 4.74 Å². The van der Waals surface area contributed by atoms with Crippen molar-refractivity contribution in [1.82, 2.24) is 0 Å². The number of ether oxygens (including phenoxy) is 1. The normalized spacial score (nSPS) is 17.7. The van der Waals surface area contributed by atoms with Gasteiger partial charge in [-0.15, -0.1) is 0 Å². The van der Waals surface area contributed by atoms with E-state index in [0.29, 0.717) is 5.75 Å². The molecule has 0 atom stereocenters. The molecule has 2 rings (SSSR count). The second-order valence-electron chi connectivity index (χ2n) is 8.57. The lowest BCUT2D eigenvalue weighted by molar-refractivity contribution is -0.921. The fraction of sp³-hybridized carbons (Fsp3) is 0.684. The molecule has 0 saturated carbocycles. The Kier molecular flexibility index (Phi) is 4.88. The number of nitrogens with one attached hydrogen (secondary N) is 1. The molecular weight excluding hydrogens is 274 g/mol.